The zero-order chi connectivity index (χ0) is 18.3. The highest BCUT2D eigenvalue weighted by molar-refractivity contribution is 7.21. The third kappa shape index (κ3) is 2.96. The minimum absolute atomic E-state index is 0.273. The summed E-state index contributed by atoms with van der Waals surface area (Å²) < 4.78 is 0. The maximum absolute atomic E-state index is 11.7. The summed E-state index contributed by atoms with van der Waals surface area (Å²) in [5.41, 5.74) is 12.1. The number of carbonyl (C=O) groups excluding carboxylic acids is 2. The fraction of sp³-hybridized carbons (Fsp3) is 0.529. The molecule has 4 heterocycles. The number of carbonyl (C=O) groups is 2. The number of thiophene rings is 1. The Morgan fingerprint density at radius 1 is 1.00 bits per heavy atom. The van der Waals surface area contributed by atoms with Gasteiger partial charge in [0.1, 0.15) is 21.3 Å². The molecule has 26 heavy (non-hydrogen) atoms. The van der Waals surface area contributed by atoms with Crippen LogP contribution in [0.3, 0.4) is 0 Å². The molecule has 2 aliphatic rings. The average molecular weight is 374 g/mol. The number of ketones is 1. The predicted octanol–water partition coefficient (Wildman–Crippen LogP) is 1.53. The van der Waals surface area contributed by atoms with Gasteiger partial charge in [0.25, 0.3) is 5.91 Å². The third-order valence-electron chi connectivity index (χ3n) is 5.04. The van der Waals surface area contributed by atoms with E-state index in [1.165, 1.54) is 17.8 Å². The normalized spacial score (nSPS) is 18.5. The molecular weight excluding hydrogens is 352 g/mol. The quantitative estimate of drug-likeness (QED) is 0.836. The van der Waals surface area contributed by atoms with Crippen LogP contribution in [0.15, 0.2) is 0 Å². The molecule has 0 spiro atoms. The predicted molar refractivity (Wildman–Crippen MR) is 103 cm³/mol. The molecule has 0 atom stereocenters. The van der Waals surface area contributed by atoms with Crippen molar-refractivity contribution in [2.45, 2.75) is 32.1 Å². The maximum atomic E-state index is 11.7. The van der Waals surface area contributed by atoms with Gasteiger partial charge in [-0.1, -0.05) is 0 Å². The number of piperidine rings is 2. The van der Waals surface area contributed by atoms with Crippen molar-refractivity contribution >= 4 is 50.7 Å². The Hall–Kier alpha value is -2.42. The minimum atomic E-state index is -0.541. The van der Waals surface area contributed by atoms with Crippen LogP contribution in [0.1, 0.15) is 41.8 Å². The van der Waals surface area contributed by atoms with Gasteiger partial charge in [-0.25, -0.2) is 4.98 Å². The first-order chi connectivity index (χ1) is 12.5. The van der Waals surface area contributed by atoms with Gasteiger partial charge in [0, 0.05) is 39.0 Å². The summed E-state index contributed by atoms with van der Waals surface area (Å²) in [6, 6.07) is 0. The van der Waals surface area contributed by atoms with Crippen LogP contribution >= 0.6 is 11.3 Å². The zero-order valence-electron chi connectivity index (χ0n) is 14.5. The molecule has 8 nitrogen and oxygen atoms in total. The van der Waals surface area contributed by atoms with Crippen LogP contribution in [0.4, 0.5) is 17.5 Å². The summed E-state index contributed by atoms with van der Waals surface area (Å²) in [5, 5.41) is 0.725. The van der Waals surface area contributed by atoms with Crippen LogP contribution in [0.5, 0.6) is 0 Å². The van der Waals surface area contributed by atoms with Gasteiger partial charge in [-0.2, -0.15) is 4.98 Å². The fourth-order valence-corrected chi connectivity index (χ4v) is 4.54. The van der Waals surface area contributed by atoms with Gasteiger partial charge in [-0.3, -0.25) is 9.59 Å². The van der Waals surface area contributed by atoms with E-state index in [1.54, 1.807) is 0 Å². The summed E-state index contributed by atoms with van der Waals surface area (Å²) >= 11 is 1.22. The van der Waals surface area contributed by atoms with E-state index in [9.17, 15) is 9.59 Å². The number of anilines is 3. The zero-order valence-corrected chi connectivity index (χ0v) is 15.3. The Labute approximate surface area is 155 Å². The first-order valence-electron chi connectivity index (χ1n) is 8.96. The number of Topliss-reactive ketones (excluding diaryl/α,β-unsaturated/α-hetero) is 1. The minimum Gasteiger partial charge on any atom is -0.397 e. The van der Waals surface area contributed by atoms with Crippen molar-refractivity contribution in [3.63, 3.8) is 0 Å². The Morgan fingerprint density at radius 2 is 1.69 bits per heavy atom. The topological polar surface area (TPSA) is 118 Å². The van der Waals surface area contributed by atoms with Crippen molar-refractivity contribution in [1.29, 1.82) is 0 Å². The number of hydrogen-bond acceptors (Lipinski definition) is 8. The molecule has 2 aromatic rings. The lowest BCUT2D eigenvalue weighted by atomic mass is 10.1. The van der Waals surface area contributed by atoms with Crippen LogP contribution in [0.25, 0.3) is 10.2 Å². The number of nitrogens with two attached hydrogens (primary N) is 2. The van der Waals surface area contributed by atoms with Gasteiger partial charge in [0.05, 0.1) is 11.1 Å². The number of hydrogen-bond donors (Lipinski definition) is 2. The Morgan fingerprint density at radius 3 is 2.35 bits per heavy atom. The second-order valence-corrected chi connectivity index (χ2v) is 7.81. The van der Waals surface area contributed by atoms with E-state index >= 15 is 0 Å². The summed E-state index contributed by atoms with van der Waals surface area (Å²) in [6.07, 6.45) is 4.44. The third-order valence-corrected chi connectivity index (χ3v) is 6.15. The van der Waals surface area contributed by atoms with Crippen molar-refractivity contribution in [3.05, 3.63) is 4.88 Å². The van der Waals surface area contributed by atoms with E-state index in [4.69, 9.17) is 16.5 Å². The Kier molecular flexibility index (Phi) is 4.39. The Balaban J connectivity index is 1.83. The summed E-state index contributed by atoms with van der Waals surface area (Å²) in [4.78, 5) is 38.0. The lowest BCUT2D eigenvalue weighted by Crippen LogP contribution is -2.36. The largest absolute Gasteiger partial charge is 0.397 e. The number of amides is 1. The molecule has 0 radical (unpaired) electrons. The molecule has 0 unspecified atom stereocenters. The molecule has 4 rings (SSSR count). The van der Waals surface area contributed by atoms with E-state index in [-0.39, 0.29) is 5.78 Å². The highest BCUT2D eigenvalue weighted by atomic mass is 32.1. The Bertz CT molecular complexity index is 864. The molecule has 4 N–H and O–H groups in total. The van der Waals surface area contributed by atoms with Crippen molar-refractivity contribution in [2.24, 2.45) is 5.73 Å². The highest BCUT2D eigenvalue weighted by Crippen LogP contribution is 2.39. The monoisotopic (exact) mass is 374 g/mol. The second-order valence-electron chi connectivity index (χ2n) is 6.81. The van der Waals surface area contributed by atoms with E-state index in [1.807, 2.05) is 4.90 Å². The van der Waals surface area contributed by atoms with Crippen LogP contribution in [0, 0.1) is 0 Å². The number of nitrogens with zero attached hydrogens (tertiary/aromatic N) is 4. The standard InChI is InChI=1S/C17H22N6O2S/c18-12-11-15(22-6-2-1-3-7-22)20-17(23-8-4-10(24)5-9-23)21-16(11)26-13(12)14(19)25/h1-9,18H2,(H2,19,25). The number of rotatable bonds is 3. The molecule has 0 aromatic carbocycles. The number of aromatic nitrogens is 2. The van der Waals surface area contributed by atoms with Crippen molar-refractivity contribution in [3.8, 4) is 0 Å². The van der Waals surface area contributed by atoms with E-state index < -0.39 is 5.91 Å². The van der Waals surface area contributed by atoms with Crippen LogP contribution in [0.2, 0.25) is 0 Å². The number of primary amides is 1. The van der Waals surface area contributed by atoms with Crippen molar-refractivity contribution in [1.82, 2.24) is 9.97 Å². The molecule has 138 valence electrons. The van der Waals surface area contributed by atoms with Gasteiger partial charge in [0.2, 0.25) is 5.95 Å². The van der Waals surface area contributed by atoms with Crippen molar-refractivity contribution in [2.75, 3.05) is 41.7 Å². The van der Waals surface area contributed by atoms with Gasteiger partial charge < -0.3 is 21.3 Å². The van der Waals surface area contributed by atoms with E-state index in [0.29, 0.717) is 47.3 Å². The fourth-order valence-electron chi connectivity index (χ4n) is 3.61. The number of fused-ring (bicyclic) bond motifs is 1. The van der Waals surface area contributed by atoms with Crippen LogP contribution < -0.4 is 21.3 Å². The summed E-state index contributed by atoms with van der Waals surface area (Å²) in [7, 11) is 0. The maximum Gasteiger partial charge on any atom is 0.260 e. The smallest absolute Gasteiger partial charge is 0.260 e. The second kappa shape index (κ2) is 6.71. The van der Waals surface area contributed by atoms with E-state index in [2.05, 4.69) is 9.88 Å². The molecule has 0 bridgehead atoms. The first kappa shape index (κ1) is 17.0. The lowest BCUT2D eigenvalue weighted by Gasteiger charge is -2.31. The summed E-state index contributed by atoms with van der Waals surface area (Å²) in [6.45, 7) is 3.05. The molecular formula is C17H22N6O2S. The first-order valence-corrected chi connectivity index (χ1v) is 9.77. The molecule has 2 aromatic heterocycles. The lowest BCUT2D eigenvalue weighted by molar-refractivity contribution is -0.119. The summed E-state index contributed by atoms with van der Waals surface area (Å²) in [5.74, 6) is 1.11. The molecule has 9 heteroatoms. The SMILES string of the molecule is NC(=O)c1sc2nc(N3CCC(=O)CC3)nc(N3CCCCC3)c2c1N. The van der Waals surface area contributed by atoms with Gasteiger partial charge in [0.15, 0.2) is 0 Å². The van der Waals surface area contributed by atoms with Crippen LogP contribution in [-0.4, -0.2) is 47.8 Å². The highest BCUT2D eigenvalue weighted by Gasteiger charge is 2.26. The van der Waals surface area contributed by atoms with Crippen LogP contribution in [-0.2, 0) is 4.79 Å². The number of nitrogen functional groups attached to an aromatic ring is 1. The van der Waals surface area contributed by atoms with Gasteiger partial charge >= 0.3 is 0 Å². The molecule has 0 saturated carbocycles. The average Bonchev–Trinajstić information content (AvgIpc) is 2.99. The van der Waals surface area contributed by atoms with Gasteiger partial charge in [-0.05, 0) is 19.3 Å². The molecule has 1 amide bonds. The molecule has 2 fully saturated rings. The molecule has 2 aliphatic heterocycles. The molecule has 2 saturated heterocycles. The van der Waals surface area contributed by atoms with Gasteiger partial charge in [-0.15, -0.1) is 11.3 Å². The molecule has 0 aliphatic carbocycles. The van der Waals surface area contributed by atoms with Crippen molar-refractivity contribution < 1.29 is 9.59 Å². The van der Waals surface area contributed by atoms with E-state index in [0.717, 1.165) is 37.1 Å².